The average molecular weight is 621 g/mol. The van der Waals surface area contributed by atoms with Gasteiger partial charge in [-0.2, -0.15) is 0 Å². The molecule has 1 amide bonds. The van der Waals surface area contributed by atoms with Crippen molar-refractivity contribution in [3.05, 3.63) is 162 Å². The number of hydrogen-bond acceptors (Lipinski definition) is 5. The summed E-state index contributed by atoms with van der Waals surface area (Å²) in [6.45, 7) is 4.97. The third kappa shape index (κ3) is 6.22. The third-order valence-electron chi connectivity index (χ3n) is 8.81. The first-order valence-electron chi connectivity index (χ1n) is 16.2. The molecule has 0 saturated carbocycles. The molecule has 0 spiro atoms. The van der Waals surface area contributed by atoms with Crippen molar-refractivity contribution < 1.29 is 4.79 Å². The highest BCUT2D eigenvalue weighted by Crippen LogP contribution is 2.43. The Morgan fingerprint density at radius 1 is 0.745 bits per heavy atom. The van der Waals surface area contributed by atoms with Gasteiger partial charge in [-0.1, -0.05) is 146 Å². The maximum Gasteiger partial charge on any atom is 0.223 e. The second-order valence-corrected chi connectivity index (χ2v) is 11.8. The van der Waals surface area contributed by atoms with Crippen molar-refractivity contribution in [3.8, 4) is 22.5 Å². The Morgan fingerprint density at radius 2 is 1.26 bits per heavy atom. The first-order chi connectivity index (χ1) is 23.1. The first-order valence-corrected chi connectivity index (χ1v) is 16.2. The first kappa shape index (κ1) is 31.6. The lowest BCUT2D eigenvalue weighted by atomic mass is 9.77. The van der Waals surface area contributed by atoms with Crippen molar-refractivity contribution in [2.24, 2.45) is 5.73 Å². The van der Waals surface area contributed by atoms with Gasteiger partial charge in [0.1, 0.15) is 5.54 Å². The number of carbonyl (C=O) groups excluding carboxylic acids is 1. The average Bonchev–Trinajstić information content (AvgIpc) is 3.62. The summed E-state index contributed by atoms with van der Waals surface area (Å²) in [7, 11) is 0. The molecule has 0 aliphatic rings. The highest BCUT2D eigenvalue weighted by atomic mass is 16.2. The Hall–Kier alpha value is -5.40. The zero-order valence-corrected chi connectivity index (χ0v) is 26.9. The van der Waals surface area contributed by atoms with Crippen molar-refractivity contribution in [2.45, 2.75) is 44.8 Å². The van der Waals surface area contributed by atoms with Gasteiger partial charge in [0.05, 0.1) is 0 Å². The molecule has 0 unspecified atom stereocenters. The molecule has 47 heavy (non-hydrogen) atoms. The molecule has 0 radical (unpaired) electrons. The molecule has 0 fully saturated rings. The van der Waals surface area contributed by atoms with Crippen LogP contribution in [0.1, 0.15) is 48.9 Å². The summed E-state index contributed by atoms with van der Waals surface area (Å²) in [6.07, 6.45) is 1.32. The molecule has 0 aliphatic heterocycles. The summed E-state index contributed by atoms with van der Waals surface area (Å²) in [6, 6.07) is 47.8. The Bertz CT molecular complexity index is 1790. The van der Waals surface area contributed by atoms with Crippen LogP contribution in [0.5, 0.6) is 0 Å². The van der Waals surface area contributed by atoms with Crippen LogP contribution in [0.3, 0.4) is 0 Å². The fourth-order valence-corrected chi connectivity index (χ4v) is 6.38. The number of nitrogens with zero attached hydrogens (tertiary/aromatic N) is 5. The van der Waals surface area contributed by atoms with E-state index >= 15 is 0 Å². The van der Waals surface area contributed by atoms with Crippen LogP contribution in [0, 0.1) is 0 Å². The normalized spacial score (nSPS) is 12.1. The number of benzene rings is 5. The molecule has 1 atom stereocenters. The lowest BCUT2D eigenvalue weighted by Gasteiger charge is -2.36. The van der Waals surface area contributed by atoms with Gasteiger partial charge in [0, 0.05) is 31.1 Å². The molecular weight excluding hydrogens is 580 g/mol. The van der Waals surface area contributed by atoms with Gasteiger partial charge in [-0.3, -0.25) is 4.79 Å². The molecule has 0 bridgehead atoms. The van der Waals surface area contributed by atoms with Crippen molar-refractivity contribution in [2.75, 3.05) is 6.54 Å². The highest BCUT2D eigenvalue weighted by Gasteiger charge is 2.42. The van der Waals surface area contributed by atoms with Crippen LogP contribution in [0.2, 0.25) is 0 Å². The van der Waals surface area contributed by atoms with E-state index in [2.05, 4.69) is 120 Å². The molecule has 1 heterocycles. The SMILES string of the molecule is CCCC(=O)N(Cc1ccc(-c2ccccc2-c2nnnn2C(c2ccccc2)(c2ccccc2)c2ccccc2)cc1)[C@@H](C)CN. The fraction of sp³-hybridized carbons (Fsp3) is 0.200. The van der Waals surface area contributed by atoms with Crippen molar-refractivity contribution in [3.63, 3.8) is 0 Å². The molecular formula is C40H40N6O. The smallest absolute Gasteiger partial charge is 0.223 e. The minimum atomic E-state index is -0.853. The van der Waals surface area contributed by atoms with E-state index in [1.807, 2.05) is 53.8 Å². The maximum atomic E-state index is 12.9. The van der Waals surface area contributed by atoms with E-state index in [1.165, 1.54) is 0 Å². The zero-order valence-electron chi connectivity index (χ0n) is 26.9. The van der Waals surface area contributed by atoms with Crippen LogP contribution in [-0.2, 0) is 16.9 Å². The number of carbonyl (C=O) groups is 1. The molecule has 0 saturated heterocycles. The Morgan fingerprint density at radius 3 is 1.77 bits per heavy atom. The van der Waals surface area contributed by atoms with Gasteiger partial charge >= 0.3 is 0 Å². The Labute approximate surface area is 276 Å². The van der Waals surface area contributed by atoms with Crippen LogP contribution in [-0.4, -0.2) is 43.6 Å². The minimum Gasteiger partial charge on any atom is -0.334 e. The topological polar surface area (TPSA) is 89.9 Å². The summed E-state index contributed by atoms with van der Waals surface area (Å²) in [5, 5.41) is 13.7. The number of rotatable bonds is 12. The van der Waals surface area contributed by atoms with Crippen LogP contribution in [0.25, 0.3) is 22.5 Å². The van der Waals surface area contributed by atoms with Crippen molar-refractivity contribution in [1.82, 2.24) is 25.1 Å². The van der Waals surface area contributed by atoms with E-state index < -0.39 is 5.54 Å². The molecule has 0 aliphatic carbocycles. The summed E-state index contributed by atoms with van der Waals surface area (Å²) < 4.78 is 1.96. The lowest BCUT2D eigenvalue weighted by molar-refractivity contribution is -0.133. The van der Waals surface area contributed by atoms with Crippen LogP contribution < -0.4 is 5.73 Å². The standard InChI is InChI=1S/C40H40N6O/c1-3-15-38(47)45(30(2)28-41)29-31-24-26-32(27-25-31)36-22-13-14-23-37(36)39-42-43-44-46(39)40(33-16-7-4-8-17-33,34-18-9-5-10-19-34)35-20-11-6-12-21-35/h4-14,16-27,30H,3,15,28-29,41H2,1-2H3/t30-/m0/s1. The summed E-state index contributed by atoms with van der Waals surface area (Å²) >= 11 is 0. The Kier molecular flexibility index (Phi) is 9.64. The van der Waals surface area contributed by atoms with E-state index in [0.717, 1.165) is 45.4 Å². The molecule has 7 nitrogen and oxygen atoms in total. The predicted molar refractivity (Wildman–Crippen MR) is 187 cm³/mol. The molecule has 236 valence electrons. The molecule has 2 N–H and O–H groups in total. The van der Waals surface area contributed by atoms with E-state index in [-0.39, 0.29) is 11.9 Å². The summed E-state index contributed by atoms with van der Waals surface area (Å²) in [4.78, 5) is 14.8. The number of hydrogen-bond donors (Lipinski definition) is 1. The van der Waals surface area contributed by atoms with Gasteiger partial charge in [-0.05, 0) is 57.2 Å². The highest BCUT2D eigenvalue weighted by molar-refractivity contribution is 5.81. The van der Waals surface area contributed by atoms with Crippen LogP contribution in [0.15, 0.2) is 140 Å². The second kappa shape index (κ2) is 14.4. The fourth-order valence-electron chi connectivity index (χ4n) is 6.38. The molecule has 5 aromatic carbocycles. The van der Waals surface area contributed by atoms with E-state index in [1.54, 1.807) is 0 Å². The summed E-state index contributed by atoms with van der Waals surface area (Å²) in [5.41, 5.74) is 12.2. The van der Waals surface area contributed by atoms with Gasteiger partial charge in [0.2, 0.25) is 5.91 Å². The minimum absolute atomic E-state index is 0.0348. The maximum absolute atomic E-state index is 12.9. The molecule has 6 aromatic rings. The van der Waals surface area contributed by atoms with Gasteiger partial charge in [0.25, 0.3) is 0 Å². The molecule has 1 aromatic heterocycles. The van der Waals surface area contributed by atoms with E-state index in [0.29, 0.717) is 25.3 Å². The predicted octanol–water partition coefficient (Wildman–Crippen LogP) is 7.32. The van der Waals surface area contributed by atoms with E-state index in [4.69, 9.17) is 10.9 Å². The number of amides is 1. The monoisotopic (exact) mass is 620 g/mol. The summed E-state index contributed by atoms with van der Waals surface area (Å²) in [5.74, 6) is 0.778. The third-order valence-corrected chi connectivity index (χ3v) is 8.81. The number of aromatic nitrogens is 4. The molecule has 7 heteroatoms. The van der Waals surface area contributed by atoms with Crippen molar-refractivity contribution >= 4 is 5.91 Å². The van der Waals surface area contributed by atoms with E-state index in [9.17, 15) is 4.79 Å². The number of nitrogens with two attached hydrogens (primary N) is 1. The van der Waals surface area contributed by atoms with Gasteiger partial charge in [-0.15, -0.1) is 5.10 Å². The van der Waals surface area contributed by atoms with Gasteiger partial charge in [0.15, 0.2) is 5.82 Å². The van der Waals surface area contributed by atoms with Crippen LogP contribution >= 0.6 is 0 Å². The lowest BCUT2D eigenvalue weighted by Crippen LogP contribution is -2.42. The molecule has 6 rings (SSSR count). The number of tetrazole rings is 1. The zero-order chi connectivity index (χ0) is 32.6. The van der Waals surface area contributed by atoms with Crippen LogP contribution in [0.4, 0.5) is 0 Å². The Balaban J connectivity index is 1.47. The quantitative estimate of drug-likeness (QED) is 0.145. The second-order valence-electron chi connectivity index (χ2n) is 11.8. The van der Waals surface area contributed by atoms with Gasteiger partial charge in [-0.25, -0.2) is 4.68 Å². The van der Waals surface area contributed by atoms with Crippen molar-refractivity contribution in [1.29, 1.82) is 0 Å². The van der Waals surface area contributed by atoms with Gasteiger partial charge < -0.3 is 10.6 Å². The largest absolute Gasteiger partial charge is 0.334 e.